The molecule has 0 saturated heterocycles. The van der Waals surface area contributed by atoms with E-state index in [-0.39, 0.29) is 18.9 Å². The quantitative estimate of drug-likeness (QED) is 0.909. The molecule has 0 radical (unpaired) electrons. The minimum Gasteiger partial charge on any atom is -0.481 e. The zero-order valence-electron chi connectivity index (χ0n) is 11.1. The molecular formula is C14H14F3NO3. The van der Waals surface area contributed by atoms with Gasteiger partial charge < -0.3 is 9.84 Å². The number of nitrogens with zero attached hydrogens (tertiary/aromatic N) is 1. The van der Waals surface area contributed by atoms with Crippen LogP contribution in [0.15, 0.2) is 29.3 Å². The third-order valence-corrected chi connectivity index (χ3v) is 3.07. The number of ether oxygens (including phenoxy) is 1. The van der Waals surface area contributed by atoms with E-state index in [0.717, 1.165) is 17.7 Å². The summed E-state index contributed by atoms with van der Waals surface area (Å²) in [6.07, 6.45) is -3.68. The molecule has 1 N–H and O–H groups in total. The van der Waals surface area contributed by atoms with E-state index >= 15 is 0 Å². The molecule has 1 aromatic rings. The maximum atomic E-state index is 12.4. The molecular weight excluding hydrogens is 287 g/mol. The lowest BCUT2D eigenvalue weighted by Gasteiger charge is -2.08. The van der Waals surface area contributed by atoms with Gasteiger partial charge in [0.05, 0.1) is 18.0 Å². The molecule has 0 aromatic heterocycles. The minimum atomic E-state index is -4.34. The monoisotopic (exact) mass is 301 g/mol. The third kappa shape index (κ3) is 4.47. The summed E-state index contributed by atoms with van der Waals surface area (Å²) in [6, 6.07) is 4.76. The lowest BCUT2D eigenvalue weighted by atomic mass is 10.0. The van der Waals surface area contributed by atoms with E-state index in [9.17, 15) is 18.0 Å². The Bertz CT molecular complexity index is 537. The number of carboxylic acids is 1. The molecule has 1 aliphatic rings. The lowest BCUT2D eigenvalue weighted by Crippen LogP contribution is -2.10. The molecule has 1 aliphatic heterocycles. The van der Waals surface area contributed by atoms with Gasteiger partial charge in [-0.15, -0.1) is 0 Å². The number of halogens is 3. The van der Waals surface area contributed by atoms with Gasteiger partial charge in [0.2, 0.25) is 0 Å². The van der Waals surface area contributed by atoms with Crippen molar-refractivity contribution >= 4 is 11.9 Å². The highest BCUT2D eigenvalue weighted by Crippen LogP contribution is 2.29. The van der Waals surface area contributed by atoms with Crippen molar-refractivity contribution in [3.8, 4) is 0 Å². The molecule has 1 atom stereocenters. The van der Waals surface area contributed by atoms with Gasteiger partial charge in [-0.3, -0.25) is 4.79 Å². The molecule has 0 aliphatic carbocycles. The van der Waals surface area contributed by atoms with E-state index in [0.29, 0.717) is 18.9 Å². The van der Waals surface area contributed by atoms with E-state index in [1.54, 1.807) is 0 Å². The Morgan fingerprint density at radius 1 is 1.33 bits per heavy atom. The molecule has 2 rings (SSSR count). The minimum absolute atomic E-state index is 0.0498. The van der Waals surface area contributed by atoms with Crippen molar-refractivity contribution in [3.63, 3.8) is 0 Å². The van der Waals surface area contributed by atoms with Crippen LogP contribution in [0.2, 0.25) is 0 Å². The fourth-order valence-corrected chi connectivity index (χ4v) is 2.03. The van der Waals surface area contributed by atoms with E-state index in [1.165, 1.54) is 12.1 Å². The molecule has 0 bridgehead atoms. The predicted octanol–water partition coefficient (Wildman–Crippen LogP) is 2.91. The normalized spacial score (nSPS) is 18.2. The van der Waals surface area contributed by atoms with Crippen molar-refractivity contribution in [3.05, 3.63) is 35.4 Å². The summed E-state index contributed by atoms with van der Waals surface area (Å²) in [4.78, 5) is 14.7. The van der Waals surface area contributed by atoms with Crippen molar-refractivity contribution < 1.29 is 27.8 Å². The van der Waals surface area contributed by atoms with Gasteiger partial charge in [0.1, 0.15) is 6.61 Å². The van der Waals surface area contributed by atoms with Gasteiger partial charge in [-0.05, 0) is 24.1 Å². The smallest absolute Gasteiger partial charge is 0.416 e. The zero-order valence-corrected chi connectivity index (χ0v) is 11.1. The first-order valence-electron chi connectivity index (χ1n) is 6.42. The standard InChI is InChI=1S/C14H14F3NO3/c15-14(16,17)10-3-1-9(2-4-10)7-11-8-21-12(18-11)5-6-13(19)20/h1-4,11H,5-8H2,(H,19,20). The van der Waals surface area contributed by atoms with Crippen molar-refractivity contribution in [2.45, 2.75) is 31.5 Å². The number of rotatable bonds is 5. The molecule has 21 heavy (non-hydrogen) atoms. The highest BCUT2D eigenvalue weighted by atomic mass is 19.4. The second-order valence-electron chi connectivity index (χ2n) is 4.78. The molecule has 7 heteroatoms. The van der Waals surface area contributed by atoms with Crippen LogP contribution in [0.4, 0.5) is 13.2 Å². The molecule has 0 spiro atoms. The summed E-state index contributed by atoms with van der Waals surface area (Å²) in [5, 5.41) is 8.56. The van der Waals surface area contributed by atoms with Crippen LogP contribution < -0.4 is 0 Å². The molecule has 0 saturated carbocycles. The number of carboxylic acid groups (broad SMARTS) is 1. The summed E-state index contributed by atoms with van der Waals surface area (Å²) >= 11 is 0. The molecule has 1 heterocycles. The zero-order chi connectivity index (χ0) is 15.5. The van der Waals surface area contributed by atoms with Crippen molar-refractivity contribution in [2.24, 2.45) is 4.99 Å². The van der Waals surface area contributed by atoms with Gasteiger partial charge in [-0.25, -0.2) is 4.99 Å². The van der Waals surface area contributed by atoms with Crippen LogP contribution >= 0.6 is 0 Å². The average molecular weight is 301 g/mol. The Morgan fingerprint density at radius 2 is 2.00 bits per heavy atom. The van der Waals surface area contributed by atoms with Crippen molar-refractivity contribution in [2.75, 3.05) is 6.61 Å². The largest absolute Gasteiger partial charge is 0.481 e. The van der Waals surface area contributed by atoms with Gasteiger partial charge in [0, 0.05) is 6.42 Å². The molecule has 4 nitrogen and oxygen atoms in total. The first-order valence-corrected chi connectivity index (χ1v) is 6.42. The number of hydrogen-bond donors (Lipinski definition) is 1. The molecule has 0 fully saturated rings. The molecule has 1 unspecified atom stereocenters. The fraction of sp³-hybridized carbons (Fsp3) is 0.429. The van der Waals surface area contributed by atoms with Crippen LogP contribution in [0, 0.1) is 0 Å². The molecule has 0 amide bonds. The summed E-state index contributed by atoms with van der Waals surface area (Å²) in [5.74, 6) is -0.526. The maximum Gasteiger partial charge on any atom is 0.416 e. The Morgan fingerprint density at radius 3 is 2.57 bits per heavy atom. The topological polar surface area (TPSA) is 58.9 Å². The summed E-state index contributed by atoms with van der Waals surface area (Å²) < 4.78 is 42.6. The highest BCUT2D eigenvalue weighted by molar-refractivity contribution is 5.81. The Balaban J connectivity index is 1.92. The van der Waals surface area contributed by atoms with E-state index in [2.05, 4.69) is 4.99 Å². The number of alkyl halides is 3. The van der Waals surface area contributed by atoms with Crippen LogP contribution in [0.25, 0.3) is 0 Å². The first-order chi connectivity index (χ1) is 9.84. The van der Waals surface area contributed by atoms with Crippen LogP contribution in [0.1, 0.15) is 24.0 Å². The molecule has 114 valence electrons. The fourth-order valence-electron chi connectivity index (χ4n) is 2.03. The van der Waals surface area contributed by atoms with Gasteiger partial charge in [0.25, 0.3) is 0 Å². The second-order valence-corrected chi connectivity index (χ2v) is 4.78. The van der Waals surface area contributed by atoms with E-state index in [4.69, 9.17) is 9.84 Å². The number of carbonyl (C=O) groups is 1. The Labute approximate surface area is 119 Å². The number of hydrogen-bond acceptors (Lipinski definition) is 3. The Hall–Kier alpha value is -2.05. The molecule has 1 aromatic carbocycles. The van der Waals surface area contributed by atoms with Gasteiger partial charge in [-0.1, -0.05) is 12.1 Å². The lowest BCUT2D eigenvalue weighted by molar-refractivity contribution is -0.138. The number of aliphatic carboxylic acids is 1. The van der Waals surface area contributed by atoms with Crippen LogP contribution in [-0.2, 0) is 22.1 Å². The second kappa shape index (κ2) is 6.15. The van der Waals surface area contributed by atoms with Crippen LogP contribution in [-0.4, -0.2) is 29.6 Å². The van der Waals surface area contributed by atoms with Gasteiger partial charge in [-0.2, -0.15) is 13.2 Å². The number of benzene rings is 1. The van der Waals surface area contributed by atoms with Crippen LogP contribution in [0.5, 0.6) is 0 Å². The summed E-state index contributed by atoms with van der Waals surface area (Å²) in [6.45, 7) is 0.329. The predicted molar refractivity (Wildman–Crippen MR) is 69.2 cm³/mol. The van der Waals surface area contributed by atoms with Crippen molar-refractivity contribution in [1.82, 2.24) is 0 Å². The van der Waals surface area contributed by atoms with Gasteiger partial charge in [0.15, 0.2) is 5.90 Å². The summed E-state index contributed by atoms with van der Waals surface area (Å²) in [5.41, 5.74) is 0.0550. The summed E-state index contributed by atoms with van der Waals surface area (Å²) in [7, 11) is 0. The highest BCUT2D eigenvalue weighted by Gasteiger charge is 2.30. The van der Waals surface area contributed by atoms with Crippen molar-refractivity contribution in [1.29, 1.82) is 0 Å². The van der Waals surface area contributed by atoms with Crippen LogP contribution in [0.3, 0.4) is 0 Å². The number of aliphatic imine (C=N–C) groups is 1. The van der Waals surface area contributed by atoms with Gasteiger partial charge >= 0.3 is 12.1 Å². The average Bonchev–Trinajstić information content (AvgIpc) is 2.83. The Kier molecular flexibility index (Phi) is 4.50. The SMILES string of the molecule is O=C(O)CCC1=NC(Cc2ccc(C(F)(F)F)cc2)CO1. The van der Waals surface area contributed by atoms with E-state index < -0.39 is 17.7 Å². The third-order valence-electron chi connectivity index (χ3n) is 3.07. The maximum absolute atomic E-state index is 12.4. The van der Waals surface area contributed by atoms with E-state index in [1.807, 2.05) is 0 Å². The first kappa shape index (κ1) is 15.3.